The topological polar surface area (TPSA) is 69.6 Å². The highest BCUT2D eigenvalue weighted by Crippen LogP contribution is 2.26. The molecule has 0 bridgehead atoms. The van der Waals surface area contributed by atoms with Crippen LogP contribution in [0.25, 0.3) is 10.4 Å². The average molecular weight is 330 g/mol. The summed E-state index contributed by atoms with van der Waals surface area (Å²) in [6.07, 6.45) is 0.739. The van der Waals surface area contributed by atoms with Gasteiger partial charge in [-0.25, -0.2) is 0 Å². The molecule has 120 valence electrons. The Morgan fingerprint density at radius 2 is 2.17 bits per heavy atom. The molecule has 1 aromatic heterocycles. The number of anilines is 1. The molecule has 1 aliphatic heterocycles. The molecule has 5 nitrogen and oxygen atoms in total. The van der Waals surface area contributed by atoms with Crippen molar-refractivity contribution in [2.75, 3.05) is 25.0 Å². The molecule has 0 radical (unpaired) electrons. The number of hydrogen-bond acceptors (Lipinski definition) is 4. The van der Waals surface area contributed by atoms with Crippen molar-refractivity contribution in [1.82, 2.24) is 4.90 Å². The fourth-order valence-corrected chi connectivity index (χ4v) is 3.41. The van der Waals surface area contributed by atoms with Crippen LogP contribution in [0, 0.1) is 5.92 Å². The van der Waals surface area contributed by atoms with Crippen LogP contribution >= 0.6 is 11.3 Å². The van der Waals surface area contributed by atoms with Gasteiger partial charge in [0.1, 0.15) is 0 Å². The standard InChI is InChI=1S/C17H18N2O3S/c20-11-12-6-7-19(10-12)17(22)16(21)18-14-4-1-3-13(9-14)15-5-2-8-23-15/h1-5,8-9,12,20H,6-7,10-11H2,(H,18,21). The van der Waals surface area contributed by atoms with Crippen molar-refractivity contribution in [1.29, 1.82) is 0 Å². The first kappa shape index (κ1) is 15.7. The molecule has 2 aromatic rings. The first-order valence-electron chi connectivity index (χ1n) is 7.52. The summed E-state index contributed by atoms with van der Waals surface area (Å²) in [5.74, 6) is -1.09. The van der Waals surface area contributed by atoms with Gasteiger partial charge in [-0.3, -0.25) is 9.59 Å². The maximum atomic E-state index is 12.2. The van der Waals surface area contributed by atoms with Crippen molar-refractivity contribution in [2.45, 2.75) is 6.42 Å². The molecule has 1 fully saturated rings. The predicted octanol–water partition coefficient (Wildman–Crippen LogP) is 2.19. The summed E-state index contributed by atoms with van der Waals surface area (Å²) >= 11 is 1.62. The lowest BCUT2D eigenvalue weighted by atomic mass is 10.1. The van der Waals surface area contributed by atoms with Gasteiger partial charge >= 0.3 is 11.8 Å². The molecule has 1 aliphatic rings. The molecule has 0 aliphatic carbocycles. The van der Waals surface area contributed by atoms with E-state index in [2.05, 4.69) is 5.32 Å². The third-order valence-electron chi connectivity index (χ3n) is 3.95. The Bertz CT molecular complexity index is 700. The number of carbonyl (C=O) groups excluding carboxylic acids is 2. The quantitative estimate of drug-likeness (QED) is 0.848. The van der Waals surface area contributed by atoms with E-state index in [1.807, 2.05) is 35.7 Å². The van der Waals surface area contributed by atoms with E-state index in [1.54, 1.807) is 17.4 Å². The summed E-state index contributed by atoms with van der Waals surface area (Å²) < 4.78 is 0. The molecule has 23 heavy (non-hydrogen) atoms. The minimum Gasteiger partial charge on any atom is -0.396 e. The largest absolute Gasteiger partial charge is 0.396 e. The van der Waals surface area contributed by atoms with Crippen LogP contribution in [-0.2, 0) is 9.59 Å². The van der Waals surface area contributed by atoms with E-state index in [9.17, 15) is 9.59 Å². The Kier molecular flexibility index (Phi) is 4.73. The zero-order valence-corrected chi connectivity index (χ0v) is 13.4. The van der Waals surface area contributed by atoms with E-state index in [1.165, 1.54) is 4.90 Å². The summed E-state index contributed by atoms with van der Waals surface area (Å²) in [6.45, 7) is 1.01. The smallest absolute Gasteiger partial charge is 0.313 e. The first-order chi connectivity index (χ1) is 11.2. The molecule has 1 atom stereocenters. The van der Waals surface area contributed by atoms with Crippen LogP contribution < -0.4 is 5.32 Å². The Morgan fingerprint density at radius 1 is 1.30 bits per heavy atom. The number of nitrogens with zero attached hydrogens (tertiary/aromatic N) is 1. The normalized spacial score (nSPS) is 17.3. The van der Waals surface area contributed by atoms with E-state index >= 15 is 0 Å². The van der Waals surface area contributed by atoms with Gasteiger partial charge < -0.3 is 15.3 Å². The van der Waals surface area contributed by atoms with Crippen molar-refractivity contribution < 1.29 is 14.7 Å². The van der Waals surface area contributed by atoms with Gasteiger partial charge in [0.25, 0.3) is 0 Å². The number of aliphatic hydroxyl groups is 1. The van der Waals surface area contributed by atoms with Gasteiger partial charge in [-0.05, 0) is 35.6 Å². The van der Waals surface area contributed by atoms with E-state index in [0.717, 1.165) is 16.9 Å². The molecule has 1 saturated heterocycles. The zero-order chi connectivity index (χ0) is 16.2. The fourth-order valence-electron chi connectivity index (χ4n) is 2.69. The maximum Gasteiger partial charge on any atom is 0.313 e. The van der Waals surface area contributed by atoms with Crippen molar-refractivity contribution in [3.63, 3.8) is 0 Å². The maximum absolute atomic E-state index is 12.2. The van der Waals surface area contributed by atoms with Crippen LogP contribution in [0.1, 0.15) is 6.42 Å². The third-order valence-corrected chi connectivity index (χ3v) is 4.87. The number of thiophene rings is 1. The molecule has 3 rings (SSSR count). The summed E-state index contributed by atoms with van der Waals surface area (Å²) in [6, 6.07) is 11.4. The molecule has 0 spiro atoms. The Morgan fingerprint density at radius 3 is 2.87 bits per heavy atom. The molecular weight excluding hydrogens is 312 g/mol. The molecule has 1 unspecified atom stereocenters. The third kappa shape index (κ3) is 3.60. The second-order valence-electron chi connectivity index (χ2n) is 5.60. The summed E-state index contributed by atoms with van der Waals surface area (Å²) in [5.41, 5.74) is 1.61. The number of nitrogens with one attached hydrogen (secondary N) is 1. The highest BCUT2D eigenvalue weighted by atomic mass is 32.1. The number of rotatable bonds is 3. The number of amides is 2. The lowest BCUT2D eigenvalue weighted by Gasteiger charge is -2.15. The molecule has 6 heteroatoms. The summed E-state index contributed by atoms with van der Waals surface area (Å²) in [7, 11) is 0. The van der Waals surface area contributed by atoms with Gasteiger partial charge in [0.2, 0.25) is 0 Å². The average Bonchev–Trinajstić information content (AvgIpc) is 3.25. The van der Waals surface area contributed by atoms with E-state index in [0.29, 0.717) is 18.8 Å². The summed E-state index contributed by atoms with van der Waals surface area (Å²) in [4.78, 5) is 26.9. The zero-order valence-electron chi connectivity index (χ0n) is 12.6. The van der Waals surface area contributed by atoms with Crippen molar-refractivity contribution in [2.24, 2.45) is 5.92 Å². The Hall–Kier alpha value is -2.18. The summed E-state index contributed by atoms with van der Waals surface area (Å²) in [5, 5.41) is 13.8. The molecule has 2 amide bonds. The monoisotopic (exact) mass is 330 g/mol. The second kappa shape index (κ2) is 6.93. The first-order valence-corrected chi connectivity index (χ1v) is 8.40. The van der Waals surface area contributed by atoms with Gasteiger partial charge in [0.05, 0.1) is 0 Å². The van der Waals surface area contributed by atoms with Gasteiger partial charge in [0, 0.05) is 36.2 Å². The van der Waals surface area contributed by atoms with Gasteiger partial charge in [0.15, 0.2) is 0 Å². The van der Waals surface area contributed by atoms with Crippen LogP contribution in [0.2, 0.25) is 0 Å². The van der Waals surface area contributed by atoms with Crippen LogP contribution in [0.15, 0.2) is 41.8 Å². The molecule has 0 saturated carbocycles. The van der Waals surface area contributed by atoms with E-state index < -0.39 is 11.8 Å². The van der Waals surface area contributed by atoms with Crippen molar-refractivity contribution >= 4 is 28.8 Å². The Labute approximate surface area is 138 Å². The number of hydrogen-bond donors (Lipinski definition) is 2. The molecule has 2 heterocycles. The lowest BCUT2D eigenvalue weighted by molar-refractivity contribution is -0.142. The Balaban J connectivity index is 1.66. The number of benzene rings is 1. The van der Waals surface area contributed by atoms with Gasteiger partial charge in [-0.1, -0.05) is 18.2 Å². The molecular formula is C17H18N2O3S. The van der Waals surface area contributed by atoms with Crippen LogP contribution in [-0.4, -0.2) is 41.5 Å². The van der Waals surface area contributed by atoms with Crippen molar-refractivity contribution in [3.8, 4) is 10.4 Å². The highest BCUT2D eigenvalue weighted by Gasteiger charge is 2.29. The molecule has 2 N–H and O–H groups in total. The fraction of sp³-hybridized carbons (Fsp3) is 0.294. The van der Waals surface area contributed by atoms with Gasteiger partial charge in [-0.2, -0.15) is 0 Å². The lowest BCUT2D eigenvalue weighted by Crippen LogP contribution is -2.38. The highest BCUT2D eigenvalue weighted by molar-refractivity contribution is 7.13. The second-order valence-corrected chi connectivity index (χ2v) is 6.55. The predicted molar refractivity (Wildman–Crippen MR) is 90.2 cm³/mol. The van der Waals surface area contributed by atoms with Crippen LogP contribution in [0.4, 0.5) is 5.69 Å². The minimum atomic E-state index is -0.632. The van der Waals surface area contributed by atoms with Crippen LogP contribution in [0.5, 0.6) is 0 Å². The van der Waals surface area contributed by atoms with E-state index in [4.69, 9.17) is 5.11 Å². The van der Waals surface area contributed by atoms with Gasteiger partial charge in [-0.15, -0.1) is 11.3 Å². The van der Waals surface area contributed by atoms with E-state index in [-0.39, 0.29) is 12.5 Å². The number of aliphatic hydroxyl groups excluding tert-OH is 1. The molecule has 1 aromatic carbocycles. The minimum absolute atomic E-state index is 0.0499. The number of likely N-dealkylation sites (tertiary alicyclic amines) is 1. The van der Waals surface area contributed by atoms with Crippen molar-refractivity contribution in [3.05, 3.63) is 41.8 Å². The van der Waals surface area contributed by atoms with Crippen LogP contribution in [0.3, 0.4) is 0 Å². The number of carbonyl (C=O) groups is 2. The SMILES string of the molecule is O=C(Nc1cccc(-c2cccs2)c1)C(=O)N1CCC(CO)C1.